The second-order valence-electron chi connectivity index (χ2n) is 3.67. The number of nitrogens with zero attached hydrogens (tertiary/aromatic N) is 1. The number of anilines is 1. The Bertz CT molecular complexity index is 525. The molecule has 1 aliphatic heterocycles. The molecule has 0 aliphatic carbocycles. The number of hydrogen-bond donors (Lipinski definition) is 1. The molecule has 2 rings (SSSR count). The third-order valence-corrected chi connectivity index (χ3v) is 4.56. The van der Waals surface area contributed by atoms with Gasteiger partial charge in [0.15, 0.2) is 0 Å². The summed E-state index contributed by atoms with van der Waals surface area (Å²) < 4.78 is 25.3. The average Bonchev–Trinajstić information content (AvgIpc) is 2.59. The van der Waals surface area contributed by atoms with Crippen LogP contribution in [0.25, 0.3) is 0 Å². The lowest BCUT2D eigenvalue weighted by Crippen LogP contribution is -2.35. The summed E-state index contributed by atoms with van der Waals surface area (Å²) in [5, 5.41) is 0. The molecule has 0 unspecified atom stereocenters. The van der Waals surface area contributed by atoms with E-state index in [9.17, 15) is 8.42 Å². The van der Waals surface area contributed by atoms with Crippen LogP contribution < -0.4 is 10.0 Å². The smallest absolute Gasteiger partial charge is 0.241 e. The minimum Gasteiger partial charge on any atom is -0.392 e. The van der Waals surface area contributed by atoms with Crippen molar-refractivity contribution in [2.45, 2.75) is 6.42 Å². The van der Waals surface area contributed by atoms with E-state index in [4.69, 9.17) is 5.73 Å². The Hall–Kier alpha value is -1.14. The van der Waals surface area contributed by atoms with Crippen LogP contribution in [-0.2, 0) is 16.4 Å². The predicted octanol–water partition coefficient (Wildman–Crippen LogP) is 0.665. The summed E-state index contributed by atoms with van der Waals surface area (Å²) in [5.74, 6) is -0.267. The van der Waals surface area contributed by atoms with Gasteiger partial charge in [0, 0.05) is 6.54 Å². The van der Waals surface area contributed by atoms with Gasteiger partial charge in [-0.3, -0.25) is 4.31 Å². The van der Waals surface area contributed by atoms with E-state index < -0.39 is 10.0 Å². The number of benzene rings is 1. The Balaban J connectivity index is 2.35. The first-order valence-electron chi connectivity index (χ1n) is 4.87. The van der Waals surface area contributed by atoms with Crippen LogP contribution >= 0.6 is 12.2 Å². The summed E-state index contributed by atoms with van der Waals surface area (Å²) in [6.45, 7) is 0.476. The van der Waals surface area contributed by atoms with Gasteiger partial charge in [0.25, 0.3) is 0 Å². The van der Waals surface area contributed by atoms with E-state index in [1.807, 2.05) is 18.2 Å². The zero-order valence-electron chi connectivity index (χ0n) is 8.59. The number of sulfonamides is 1. The lowest BCUT2D eigenvalue weighted by molar-refractivity contribution is 0.596. The van der Waals surface area contributed by atoms with Crippen molar-refractivity contribution in [1.82, 2.24) is 0 Å². The van der Waals surface area contributed by atoms with Gasteiger partial charge in [-0.25, -0.2) is 8.42 Å². The monoisotopic (exact) mass is 256 g/mol. The van der Waals surface area contributed by atoms with Crippen LogP contribution in [0, 0.1) is 0 Å². The van der Waals surface area contributed by atoms with E-state index in [2.05, 4.69) is 12.2 Å². The normalized spacial score (nSPS) is 14.9. The van der Waals surface area contributed by atoms with E-state index in [-0.39, 0.29) is 10.7 Å². The van der Waals surface area contributed by atoms with Gasteiger partial charge in [-0.05, 0) is 18.1 Å². The zero-order valence-corrected chi connectivity index (χ0v) is 10.2. The van der Waals surface area contributed by atoms with Crippen LogP contribution in [0.15, 0.2) is 24.3 Å². The first-order chi connectivity index (χ1) is 7.50. The van der Waals surface area contributed by atoms with Gasteiger partial charge < -0.3 is 5.73 Å². The quantitative estimate of drug-likeness (QED) is 0.807. The van der Waals surface area contributed by atoms with Gasteiger partial charge >= 0.3 is 0 Å². The van der Waals surface area contributed by atoms with Crippen LogP contribution in [0.5, 0.6) is 0 Å². The topological polar surface area (TPSA) is 63.4 Å². The van der Waals surface area contributed by atoms with Gasteiger partial charge in [-0.15, -0.1) is 0 Å². The van der Waals surface area contributed by atoms with Crippen molar-refractivity contribution in [3.05, 3.63) is 29.8 Å². The number of nitrogens with two attached hydrogens (primary N) is 1. The van der Waals surface area contributed by atoms with E-state index >= 15 is 0 Å². The Kier molecular flexibility index (Phi) is 2.86. The molecule has 1 aromatic carbocycles. The van der Waals surface area contributed by atoms with Gasteiger partial charge in [0.05, 0.1) is 10.7 Å². The van der Waals surface area contributed by atoms with E-state index in [1.165, 1.54) is 4.31 Å². The molecule has 86 valence electrons. The molecule has 16 heavy (non-hydrogen) atoms. The van der Waals surface area contributed by atoms with Gasteiger partial charge in [-0.2, -0.15) is 0 Å². The molecule has 0 amide bonds. The second-order valence-corrected chi connectivity index (χ2v) is 6.09. The maximum atomic E-state index is 12.0. The first kappa shape index (κ1) is 11.3. The molecule has 1 heterocycles. The minimum absolute atomic E-state index is 0.00406. The van der Waals surface area contributed by atoms with Crippen LogP contribution in [0.1, 0.15) is 5.56 Å². The van der Waals surface area contributed by atoms with Gasteiger partial charge in [-0.1, -0.05) is 30.4 Å². The molecule has 0 aromatic heterocycles. The fourth-order valence-corrected chi connectivity index (χ4v) is 3.66. The molecule has 0 bridgehead atoms. The highest BCUT2D eigenvalue weighted by atomic mass is 32.2. The standard InChI is InChI=1S/C10H12N2O2S2/c11-10(15)7-16(13,14)12-6-5-8-3-1-2-4-9(8)12/h1-4H,5-7H2,(H2,11,15). The van der Waals surface area contributed by atoms with Crippen LogP contribution in [0.2, 0.25) is 0 Å². The number of para-hydroxylation sites is 1. The van der Waals surface area contributed by atoms with Crippen LogP contribution in [-0.4, -0.2) is 25.7 Å². The molecule has 0 saturated carbocycles. The zero-order chi connectivity index (χ0) is 11.8. The van der Waals surface area contributed by atoms with Crippen molar-refractivity contribution in [1.29, 1.82) is 0 Å². The first-order valence-corrected chi connectivity index (χ1v) is 6.89. The number of fused-ring (bicyclic) bond motifs is 1. The molecule has 6 heteroatoms. The molecule has 0 saturated heterocycles. The maximum absolute atomic E-state index is 12.0. The second kappa shape index (κ2) is 4.03. The molecule has 0 radical (unpaired) electrons. The predicted molar refractivity (Wildman–Crippen MR) is 68.1 cm³/mol. The van der Waals surface area contributed by atoms with Crippen molar-refractivity contribution >= 4 is 32.9 Å². The van der Waals surface area contributed by atoms with Crippen LogP contribution in [0.4, 0.5) is 5.69 Å². The fourth-order valence-electron chi connectivity index (χ4n) is 1.85. The van der Waals surface area contributed by atoms with Crippen molar-refractivity contribution in [2.24, 2.45) is 5.73 Å². The number of hydrogen-bond acceptors (Lipinski definition) is 3. The molecule has 0 fully saturated rings. The Morgan fingerprint density at radius 3 is 2.81 bits per heavy atom. The number of rotatable bonds is 3. The molecule has 1 aliphatic rings. The lowest BCUT2D eigenvalue weighted by Gasteiger charge is -2.18. The van der Waals surface area contributed by atoms with E-state index in [1.54, 1.807) is 6.07 Å². The van der Waals surface area contributed by atoms with Gasteiger partial charge in [0.1, 0.15) is 5.75 Å². The van der Waals surface area contributed by atoms with E-state index in [0.717, 1.165) is 17.7 Å². The van der Waals surface area contributed by atoms with Crippen molar-refractivity contribution in [2.75, 3.05) is 16.6 Å². The summed E-state index contributed by atoms with van der Waals surface area (Å²) in [6, 6.07) is 7.47. The Morgan fingerprint density at radius 1 is 1.44 bits per heavy atom. The molecule has 1 aromatic rings. The molecule has 2 N–H and O–H groups in total. The molecular formula is C10H12N2O2S2. The molecular weight excluding hydrogens is 244 g/mol. The van der Waals surface area contributed by atoms with Crippen molar-refractivity contribution < 1.29 is 8.42 Å². The summed E-state index contributed by atoms with van der Waals surface area (Å²) in [7, 11) is -3.41. The van der Waals surface area contributed by atoms with Crippen molar-refractivity contribution in [3.63, 3.8) is 0 Å². The summed E-state index contributed by atoms with van der Waals surface area (Å²) in [4.78, 5) is 0.00406. The third kappa shape index (κ3) is 2.03. The van der Waals surface area contributed by atoms with Gasteiger partial charge in [0.2, 0.25) is 10.0 Å². The minimum atomic E-state index is -3.41. The highest BCUT2D eigenvalue weighted by Crippen LogP contribution is 2.29. The Morgan fingerprint density at radius 2 is 2.12 bits per heavy atom. The SMILES string of the molecule is NC(=S)CS(=O)(=O)N1CCc2ccccc21. The average molecular weight is 256 g/mol. The summed E-state index contributed by atoms with van der Waals surface area (Å²) >= 11 is 4.65. The highest BCUT2D eigenvalue weighted by Gasteiger charge is 2.29. The molecule has 4 nitrogen and oxygen atoms in total. The summed E-state index contributed by atoms with van der Waals surface area (Å²) in [5.41, 5.74) is 7.09. The molecule has 0 atom stereocenters. The maximum Gasteiger partial charge on any atom is 0.241 e. The fraction of sp³-hybridized carbons (Fsp3) is 0.300. The van der Waals surface area contributed by atoms with Crippen LogP contribution in [0.3, 0.4) is 0 Å². The highest BCUT2D eigenvalue weighted by molar-refractivity contribution is 7.95. The Labute approximate surface area is 100 Å². The largest absolute Gasteiger partial charge is 0.392 e. The number of thiocarbonyl (C=S) groups is 1. The molecule has 0 spiro atoms. The van der Waals surface area contributed by atoms with Crippen molar-refractivity contribution in [3.8, 4) is 0 Å². The summed E-state index contributed by atoms with van der Waals surface area (Å²) in [6.07, 6.45) is 0.743. The van der Waals surface area contributed by atoms with E-state index in [0.29, 0.717) is 6.54 Å². The third-order valence-electron chi connectivity index (χ3n) is 2.50. The lowest BCUT2D eigenvalue weighted by atomic mass is 10.2.